The summed E-state index contributed by atoms with van der Waals surface area (Å²) in [5.74, 6) is 7.58. The highest BCUT2D eigenvalue weighted by atomic mass is 14.8. The van der Waals surface area contributed by atoms with E-state index in [1.807, 2.05) is 0 Å². The molecule has 0 spiro atoms. The van der Waals surface area contributed by atoms with Crippen LogP contribution in [-0.2, 0) is 0 Å². The summed E-state index contributed by atoms with van der Waals surface area (Å²) in [4.78, 5) is 0. The first-order valence-corrected chi connectivity index (χ1v) is 46.9. The Hall–Kier alpha value is -0.280. The average Bonchev–Trinajstić information content (AvgIpc) is 1.75. The third kappa shape index (κ3) is 81.2. The van der Waals surface area contributed by atoms with E-state index < -0.39 is 0 Å². The molecule has 0 aromatic heterocycles. The molecule has 0 heterocycles. The Morgan fingerprint density at radius 2 is 0.250 bits per heavy atom. The Labute approximate surface area is 656 Å². The van der Waals surface area contributed by atoms with Gasteiger partial charge >= 0.3 is 0 Å². The number of hydrogen-bond acceptors (Lipinski definition) is 7. The summed E-state index contributed by atoms with van der Waals surface area (Å²) in [5.41, 5.74) is 44.2. The zero-order chi connectivity index (χ0) is 79.1. The molecule has 0 bridgehead atoms. The van der Waals surface area contributed by atoms with Crippen molar-refractivity contribution in [1.29, 1.82) is 0 Å². The number of rotatable bonds is 10. The largest absolute Gasteiger partial charge is 0.328 e. The summed E-state index contributed by atoms with van der Waals surface area (Å²) >= 11 is 0. The van der Waals surface area contributed by atoms with Crippen molar-refractivity contribution < 1.29 is 0 Å². The summed E-state index contributed by atoms with van der Waals surface area (Å²) < 4.78 is 0. The van der Waals surface area contributed by atoms with E-state index in [-0.39, 0.29) is 0 Å². The van der Waals surface area contributed by atoms with Gasteiger partial charge in [-0.3, -0.25) is 0 Å². The van der Waals surface area contributed by atoms with E-state index in [1.165, 1.54) is 315 Å². The van der Waals surface area contributed by atoms with Crippen molar-refractivity contribution in [2.75, 3.05) is 0 Å². The first kappa shape index (κ1) is 102. The van der Waals surface area contributed by atoms with Crippen molar-refractivity contribution in [3.05, 3.63) is 0 Å². The lowest BCUT2D eigenvalue weighted by atomic mass is 10.1. The van der Waals surface area contributed by atoms with Crippen molar-refractivity contribution in [2.24, 2.45) is 119 Å². The molecule has 0 aliphatic heterocycles. The summed E-state index contributed by atoms with van der Waals surface area (Å²) in [5, 5.41) is 0. The minimum atomic E-state index is 0.292. The van der Waals surface area contributed by atoms with Crippen molar-refractivity contribution in [1.82, 2.24) is 0 Å². The maximum atomic E-state index is 5.65. The van der Waals surface area contributed by atoms with Gasteiger partial charge in [-0.15, -0.1) is 0 Å². The number of nitrogens with two attached hydrogens (primary N) is 7. The van der Waals surface area contributed by atoms with Crippen molar-refractivity contribution in [2.45, 2.75) is 541 Å². The fraction of sp³-hybridized carbons (Fsp3) is 1.00. The first-order chi connectivity index (χ1) is 48.5. The Balaban J connectivity index is 0.000000547. The molecule has 0 aromatic rings. The fourth-order valence-electron chi connectivity index (χ4n) is 7.06. The van der Waals surface area contributed by atoms with E-state index in [1.54, 1.807) is 0 Å². The quantitative estimate of drug-likeness (QED) is 0.114. The molecule has 624 valence electrons. The predicted molar refractivity (Wildman–Crippen MR) is 470 cm³/mol. The minimum Gasteiger partial charge on any atom is -0.328 e. The molecule has 0 atom stereocenters. The van der Waals surface area contributed by atoms with E-state index in [9.17, 15) is 0 Å². The fourth-order valence-corrected chi connectivity index (χ4v) is 7.06. The van der Waals surface area contributed by atoms with Gasteiger partial charge in [0.15, 0.2) is 0 Å². The summed E-state index contributed by atoms with van der Waals surface area (Å²) in [6.45, 7) is 54.8. The van der Waals surface area contributed by atoms with Crippen LogP contribution < -0.4 is 40.1 Å². The van der Waals surface area contributed by atoms with Crippen LogP contribution in [0, 0.1) is 79.3 Å². The lowest BCUT2D eigenvalue weighted by molar-refractivity contribution is 0.551. The van der Waals surface area contributed by atoms with Gasteiger partial charge in [-0.2, -0.15) is 0 Å². The Kier molecular flexibility index (Phi) is 49.6. The second-order valence-electron chi connectivity index (χ2n) is 42.4. The molecule has 0 saturated heterocycles. The molecule has 7 nitrogen and oxygen atoms in total. The summed E-state index contributed by atoms with van der Waals surface area (Å²) in [7, 11) is 0. The van der Waals surface area contributed by atoms with Crippen LogP contribution in [0.3, 0.4) is 0 Å². The molecule has 104 heavy (non-hydrogen) atoms. The Morgan fingerprint density at radius 3 is 0.250 bits per heavy atom. The highest BCUT2D eigenvalue weighted by molar-refractivity contribution is 4.98. The van der Waals surface area contributed by atoms with Gasteiger partial charge in [-0.1, -0.05) is 301 Å². The van der Waals surface area contributed by atoms with Crippen LogP contribution in [0.1, 0.15) is 500 Å². The standard InChI is InChI=1S/7C6H12.3C5H11N.7C4H8.4C3H7N/c7*1-3-6(2)4-5-6;3*1-2-5(6)3-4-5;7*1-4-2-3-4;4*4-3-1-2-3/h7*3-5H2,1-2H3;3*2-4,6H2,1H3;7*4H,2-3H2,1H3;4*3H,1-2,4H2. The van der Waals surface area contributed by atoms with E-state index in [2.05, 4.69) is 166 Å². The average molecular weight is 1470 g/mol. The van der Waals surface area contributed by atoms with Gasteiger partial charge in [-0.05, 0) is 278 Å². The Morgan fingerprint density at radius 1 is 0.173 bits per heavy atom. The van der Waals surface area contributed by atoms with Gasteiger partial charge in [0.1, 0.15) is 0 Å². The van der Waals surface area contributed by atoms with Gasteiger partial charge in [0.2, 0.25) is 0 Å². The maximum Gasteiger partial charge on any atom is 0.0153 e. The molecule has 21 aliphatic rings. The maximum absolute atomic E-state index is 5.65. The molecule has 21 rings (SSSR count). The lowest BCUT2D eigenvalue weighted by Crippen LogP contribution is -2.19. The molecular weight excluding hydrogens is 1260 g/mol. The van der Waals surface area contributed by atoms with E-state index in [0.717, 1.165) is 98.6 Å². The lowest BCUT2D eigenvalue weighted by Gasteiger charge is -1.98. The van der Waals surface area contributed by atoms with Crippen LogP contribution in [0.5, 0.6) is 0 Å². The molecule has 0 unspecified atom stereocenters. The minimum absolute atomic E-state index is 0.292. The SMILES string of the molecule is CC1CC1.CC1CC1.CC1CC1.CC1CC1.CC1CC1.CC1CC1.CC1CC1.CCC1(C)CC1.CCC1(C)CC1.CCC1(C)CC1.CCC1(C)CC1.CCC1(C)CC1.CCC1(C)CC1.CCC1(C)CC1.CCC1(N)CC1.CCC1(N)CC1.CCC1(N)CC1.NC1CC1.NC1CC1.NC1CC1.NC1CC1. The zero-order valence-corrected chi connectivity index (χ0v) is 76.2. The topological polar surface area (TPSA) is 182 Å². The normalized spacial score (nSPS) is 26.7. The van der Waals surface area contributed by atoms with Gasteiger partial charge in [0, 0.05) is 40.8 Å². The zero-order valence-electron chi connectivity index (χ0n) is 76.2. The predicted octanol–water partition coefficient (Wildman–Crippen LogP) is 28.4. The third-order valence-electron chi connectivity index (χ3n) is 27.0. The van der Waals surface area contributed by atoms with Crippen LogP contribution in [0.15, 0.2) is 0 Å². The molecule has 21 saturated carbocycles. The van der Waals surface area contributed by atoms with E-state index in [4.69, 9.17) is 40.1 Å². The summed E-state index contributed by atoms with van der Waals surface area (Å²) in [6, 6.07) is 2.33. The van der Waals surface area contributed by atoms with E-state index >= 15 is 0 Å². The molecule has 0 aromatic carbocycles. The van der Waals surface area contributed by atoms with Gasteiger partial charge in [0.05, 0.1) is 0 Å². The second-order valence-corrected chi connectivity index (χ2v) is 42.4. The van der Waals surface area contributed by atoms with Gasteiger partial charge < -0.3 is 40.1 Å². The molecule has 0 radical (unpaired) electrons. The highest BCUT2D eigenvalue weighted by Gasteiger charge is 2.40. The van der Waals surface area contributed by atoms with Crippen LogP contribution in [0.4, 0.5) is 0 Å². The van der Waals surface area contributed by atoms with Crippen molar-refractivity contribution in [3.63, 3.8) is 0 Å². The smallest absolute Gasteiger partial charge is 0.0153 e. The molecular formula is C97H201N7. The van der Waals surface area contributed by atoms with Gasteiger partial charge in [-0.25, -0.2) is 0 Å². The third-order valence-corrected chi connectivity index (χ3v) is 27.0. The first-order valence-electron chi connectivity index (χ1n) is 46.9. The van der Waals surface area contributed by atoms with Crippen molar-refractivity contribution in [3.8, 4) is 0 Å². The molecule has 21 fully saturated rings. The monoisotopic (exact) mass is 1460 g/mol. The van der Waals surface area contributed by atoms with Crippen LogP contribution in [0.2, 0.25) is 0 Å². The van der Waals surface area contributed by atoms with Crippen molar-refractivity contribution >= 4 is 0 Å². The molecule has 7 heteroatoms. The molecule has 0 amide bonds. The second kappa shape index (κ2) is 50.7. The van der Waals surface area contributed by atoms with E-state index in [0.29, 0.717) is 40.8 Å². The van der Waals surface area contributed by atoms with Gasteiger partial charge in [0.25, 0.3) is 0 Å². The molecule has 14 N–H and O–H groups in total. The Bertz CT molecular complexity index is 1530. The number of hydrogen-bond donors (Lipinski definition) is 7. The van der Waals surface area contributed by atoms with Crippen LogP contribution in [0.25, 0.3) is 0 Å². The molecule has 21 aliphatic carbocycles. The van der Waals surface area contributed by atoms with Crippen LogP contribution in [-0.4, -0.2) is 40.8 Å². The highest BCUT2D eigenvalue weighted by Crippen LogP contribution is 2.51. The summed E-state index contributed by atoms with van der Waals surface area (Å²) in [6.07, 6.45) is 72.2. The van der Waals surface area contributed by atoms with Crippen LogP contribution >= 0.6 is 0 Å².